The fraction of sp³-hybridized carbons (Fsp3) is 0.375. The van der Waals surface area contributed by atoms with Crippen molar-refractivity contribution in [1.82, 2.24) is 4.98 Å². The summed E-state index contributed by atoms with van der Waals surface area (Å²) in [7, 11) is 3.37. The molecule has 2 heterocycles. The molecule has 0 amide bonds. The molecule has 1 fully saturated rings. The Morgan fingerprint density at radius 3 is 2.20 bits per heavy atom. The number of nitrogens with one attached hydrogen (secondary N) is 2. The molecular formula is C24H31N3O3+2. The molecule has 0 radical (unpaired) electrons. The summed E-state index contributed by atoms with van der Waals surface area (Å²) in [4.78, 5) is 7.64. The fourth-order valence-corrected chi connectivity index (χ4v) is 4.13. The SMILES string of the molecule is COc1cc(C)c(C[NH+]2CC[NH+](Cc3ncc(-c4ccccc4)o3)CC2)cc1OC. The third-order valence-electron chi connectivity index (χ3n) is 5.96. The van der Waals surface area contributed by atoms with Gasteiger partial charge in [-0.15, -0.1) is 0 Å². The quantitative estimate of drug-likeness (QED) is 0.615. The van der Waals surface area contributed by atoms with E-state index in [0.717, 1.165) is 68.0 Å². The van der Waals surface area contributed by atoms with Crippen molar-refractivity contribution in [3.05, 3.63) is 65.7 Å². The smallest absolute Gasteiger partial charge is 0.250 e. The maximum atomic E-state index is 5.99. The monoisotopic (exact) mass is 409 g/mol. The molecule has 0 spiro atoms. The fourth-order valence-electron chi connectivity index (χ4n) is 4.13. The summed E-state index contributed by atoms with van der Waals surface area (Å²) in [6.45, 7) is 8.50. The van der Waals surface area contributed by atoms with Gasteiger partial charge >= 0.3 is 0 Å². The van der Waals surface area contributed by atoms with Gasteiger partial charge in [0.05, 0.1) is 20.4 Å². The number of rotatable bonds is 7. The summed E-state index contributed by atoms with van der Waals surface area (Å²) in [5.41, 5.74) is 3.65. The Labute approximate surface area is 178 Å². The summed E-state index contributed by atoms with van der Waals surface area (Å²) in [5.74, 6) is 3.27. The third-order valence-corrected chi connectivity index (χ3v) is 5.96. The van der Waals surface area contributed by atoms with Gasteiger partial charge in [0.15, 0.2) is 23.8 Å². The molecule has 1 aromatic heterocycles. The standard InChI is InChI=1S/C24H29N3O3/c1-18-13-21(28-2)22(29-3)14-20(18)16-26-9-11-27(12-10-26)17-24-25-15-23(30-24)19-7-5-4-6-8-19/h4-8,13-15H,9-12,16-17H2,1-3H3/p+2. The van der Waals surface area contributed by atoms with Crippen molar-refractivity contribution in [1.29, 1.82) is 0 Å². The average molecular weight is 410 g/mol. The summed E-state index contributed by atoms with van der Waals surface area (Å²) in [6.07, 6.45) is 1.84. The lowest BCUT2D eigenvalue weighted by Crippen LogP contribution is -3.27. The van der Waals surface area contributed by atoms with Crippen LogP contribution in [0.25, 0.3) is 11.3 Å². The van der Waals surface area contributed by atoms with E-state index < -0.39 is 0 Å². The normalized spacial score (nSPS) is 18.9. The number of piperazine rings is 1. The number of nitrogens with zero attached hydrogens (tertiary/aromatic N) is 1. The number of hydrogen-bond donors (Lipinski definition) is 2. The number of aromatic nitrogens is 1. The first-order chi connectivity index (χ1) is 14.7. The van der Waals surface area contributed by atoms with E-state index in [-0.39, 0.29) is 0 Å². The van der Waals surface area contributed by atoms with Gasteiger partial charge in [-0.2, -0.15) is 0 Å². The van der Waals surface area contributed by atoms with Crippen LogP contribution in [-0.2, 0) is 13.1 Å². The summed E-state index contributed by atoms with van der Waals surface area (Å²) >= 11 is 0. The van der Waals surface area contributed by atoms with Gasteiger partial charge in [-0.25, -0.2) is 4.98 Å². The molecule has 0 atom stereocenters. The molecule has 0 unspecified atom stereocenters. The van der Waals surface area contributed by atoms with Crippen molar-refractivity contribution in [2.45, 2.75) is 20.0 Å². The van der Waals surface area contributed by atoms with Gasteiger partial charge in [0.2, 0.25) is 0 Å². The molecule has 6 heteroatoms. The van der Waals surface area contributed by atoms with E-state index in [1.54, 1.807) is 19.1 Å². The third kappa shape index (κ3) is 4.66. The van der Waals surface area contributed by atoms with Crippen LogP contribution < -0.4 is 19.3 Å². The molecule has 0 bridgehead atoms. The van der Waals surface area contributed by atoms with Crippen molar-refractivity contribution in [2.24, 2.45) is 0 Å². The molecule has 2 aromatic carbocycles. The van der Waals surface area contributed by atoms with Crippen LogP contribution in [0.3, 0.4) is 0 Å². The van der Waals surface area contributed by atoms with Gasteiger partial charge in [0.1, 0.15) is 32.7 Å². The molecule has 2 N–H and O–H groups in total. The van der Waals surface area contributed by atoms with Crippen molar-refractivity contribution in [3.63, 3.8) is 0 Å². The van der Waals surface area contributed by atoms with Crippen LogP contribution in [-0.4, -0.2) is 45.4 Å². The number of oxazole rings is 1. The number of benzene rings is 2. The molecule has 1 aliphatic rings. The van der Waals surface area contributed by atoms with E-state index in [2.05, 4.69) is 36.2 Å². The zero-order valence-corrected chi connectivity index (χ0v) is 18.0. The Balaban J connectivity index is 1.32. The number of quaternary nitrogens is 2. The van der Waals surface area contributed by atoms with Crippen LogP contribution in [0.4, 0.5) is 0 Å². The van der Waals surface area contributed by atoms with Crippen molar-refractivity contribution < 1.29 is 23.7 Å². The lowest BCUT2D eigenvalue weighted by Gasteiger charge is -2.29. The summed E-state index contributed by atoms with van der Waals surface area (Å²) in [5, 5.41) is 0. The Morgan fingerprint density at radius 2 is 1.53 bits per heavy atom. The van der Waals surface area contributed by atoms with E-state index in [9.17, 15) is 0 Å². The minimum atomic E-state index is 0.795. The zero-order chi connectivity index (χ0) is 20.9. The lowest BCUT2D eigenvalue weighted by molar-refractivity contribution is -1.02. The van der Waals surface area contributed by atoms with Crippen LogP contribution >= 0.6 is 0 Å². The number of aryl methyl sites for hydroxylation is 1. The summed E-state index contributed by atoms with van der Waals surface area (Å²) < 4.78 is 16.9. The van der Waals surface area contributed by atoms with Gasteiger partial charge < -0.3 is 23.7 Å². The van der Waals surface area contributed by atoms with Crippen molar-refractivity contribution in [2.75, 3.05) is 40.4 Å². The Hall–Kier alpha value is -2.83. The van der Waals surface area contributed by atoms with Gasteiger partial charge in [-0.3, -0.25) is 0 Å². The lowest BCUT2D eigenvalue weighted by atomic mass is 10.1. The van der Waals surface area contributed by atoms with Crippen LogP contribution in [0.5, 0.6) is 11.5 Å². The first kappa shape index (κ1) is 20.4. The van der Waals surface area contributed by atoms with E-state index >= 15 is 0 Å². The number of ether oxygens (including phenoxy) is 2. The highest BCUT2D eigenvalue weighted by atomic mass is 16.5. The molecule has 0 saturated carbocycles. The second-order valence-corrected chi connectivity index (χ2v) is 7.97. The minimum Gasteiger partial charge on any atom is -0.493 e. The van der Waals surface area contributed by atoms with E-state index in [1.807, 2.05) is 24.4 Å². The topological polar surface area (TPSA) is 53.4 Å². The second kappa shape index (κ2) is 9.32. The average Bonchev–Trinajstić information content (AvgIpc) is 3.25. The van der Waals surface area contributed by atoms with Crippen molar-refractivity contribution in [3.8, 4) is 22.8 Å². The highest BCUT2D eigenvalue weighted by molar-refractivity contribution is 5.55. The Bertz CT molecular complexity index is 963. The maximum absolute atomic E-state index is 5.99. The predicted octanol–water partition coefficient (Wildman–Crippen LogP) is 1.15. The molecule has 1 saturated heterocycles. The van der Waals surface area contributed by atoms with Gasteiger partial charge in [0, 0.05) is 11.1 Å². The predicted molar refractivity (Wildman–Crippen MR) is 115 cm³/mol. The van der Waals surface area contributed by atoms with E-state index in [1.165, 1.54) is 16.0 Å². The highest BCUT2D eigenvalue weighted by Crippen LogP contribution is 2.29. The number of methoxy groups -OCH3 is 2. The van der Waals surface area contributed by atoms with Crippen LogP contribution in [0.2, 0.25) is 0 Å². The molecular weight excluding hydrogens is 378 g/mol. The second-order valence-electron chi connectivity index (χ2n) is 7.97. The first-order valence-corrected chi connectivity index (χ1v) is 10.5. The molecule has 1 aliphatic heterocycles. The highest BCUT2D eigenvalue weighted by Gasteiger charge is 2.25. The molecule has 30 heavy (non-hydrogen) atoms. The van der Waals surface area contributed by atoms with Crippen LogP contribution in [0.1, 0.15) is 17.0 Å². The Morgan fingerprint density at radius 1 is 0.900 bits per heavy atom. The van der Waals surface area contributed by atoms with Crippen LogP contribution in [0, 0.1) is 6.92 Å². The molecule has 4 rings (SSSR count). The zero-order valence-electron chi connectivity index (χ0n) is 18.0. The van der Waals surface area contributed by atoms with Gasteiger partial charge in [-0.05, 0) is 24.6 Å². The largest absolute Gasteiger partial charge is 0.493 e. The van der Waals surface area contributed by atoms with E-state index in [4.69, 9.17) is 13.9 Å². The maximum Gasteiger partial charge on any atom is 0.250 e. The van der Waals surface area contributed by atoms with Gasteiger partial charge in [-0.1, -0.05) is 30.3 Å². The molecule has 158 valence electrons. The van der Waals surface area contributed by atoms with E-state index in [0.29, 0.717) is 0 Å². The molecule has 6 nitrogen and oxygen atoms in total. The number of hydrogen-bond acceptors (Lipinski definition) is 4. The molecule has 3 aromatic rings. The minimum absolute atomic E-state index is 0.795. The Kier molecular flexibility index (Phi) is 6.35. The van der Waals surface area contributed by atoms with Crippen LogP contribution in [0.15, 0.2) is 53.1 Å². The van der Waals surface area contributed by atoms with Gasteiger partial charge in [0.25, 0.3) is 5.89 Å². The summed E-state index contributed by atoms with van der Waals surface area (Å²) in [6, 6.07) is 14.3. The first-order valence-electron chi connectivity index (χ1n) is 10.5. The van der Waals surface area contributed by atoms with Crippen molar-refractivity contribution >= 4 is 0 Å². The molecule has 0 aliphatic carbocycles.